The Kier molecular flexibility index (Phi) is 3.43. The topological polar surface area (TPSA) is 78.4 Å². The van der Waals surface area contributed by atoms with Gasteiger partial charge in [-0.25, -0.2) is 0 Å². The first-order chi connectivity index (χ1) is 8.63. The molecule has 0 aliphatic carbocycles. The van der Waals surface area contributed by atoms with Crippen LogP contribution in [0, 0.1) is 6.92 Å². The van der Waals surface area contributed by atoms with E-state index in [4.69, 9.17) is 15.0 Å². The minimum absolute atomic E-state index is 0.00399. The molecule has 0 atom stereocenters. The van der Waals surface area contributed by atoms with Crippen LogP contribution in [0.25, 0.3) is 11.3 Å². The molecule has 1 heterocycles. The summed E-state index contributed by atoms with van der Waals surface area (Å²) in [4.78, 5) is 11.9. The van der Waals surface area contributed by atoms with Crippen LogP contribution in [0.15, 0.2) is 28.8 Å². The Hall–Kier alpha value is -2.14. The van der Waals surface area contributed by atoms with E-state index in [0.29, 0.717) is 22.7 Å². The average Bonchev–Trinajstić information content (AvgIpc) is 2.72. The van der Waals surface area contributed by atoms with Crippen molar-refractivity contribution >= 4 is 11.5 Å². The van der Waals surface area contributed by atoms with Gasteiger partial charge in [-0.15, -0.1) is 0 Å². The number of anilines is 1. The molecule has 0 aliphatic heterocycles. The van der Waals surface area contributed by atoms with E-state index in [0.717, 1.165) is 5.56 Å². The van der Waals surface area contributed by atoms with E-state index < -0.39 is 0 Å². The second kappa shape index (κ2) is 5.01. The summed E-state index contributed by atoms with van der Waals surface area (Å²) in [5, 5.41) is 3.93. The summed E-state index contributed by atoms with van der Waals surface area (Å²) in [6.07, 6.45) is 0. The van der Waals surface area contributed by atoms with E-state index in [9.17, 15) is 4.79 Å². The van der Waals surface area contributed by atoms with Crippen molar-refractivity contribution in [2.45, 2.75) is 6.92 Å². The number of Topliss-reactive ketones (excluding diaryl/α,β-unsaturated/α-hetero) is 1. The Labute approximate surface area is 105 Å². The van der Waals surface area contributed by atoms with Crippen molar-refractivity contribution in [2.75, 3.05) is 19.5 Å². The maximum atomic E-state index is 11.9. The maximum absolute atomic E-state index is 11.9. The molecule has 5 heteroatoms. The van der Waals surface area contributed by atoms with Gasteiger partial charge in [0, 0.05) is 18.4 Å². The Morgan fingerprint density at radius 2 is 2.06 bits per heavy atom. The van der Waals surface area contributed by atoms with Crippen LogP contribution >= 0.6 is 0 Å². The average molecular weight is 246 g/mol. The van der Waals surface area contributed by atoms with Crippen LogP contribution in [-0.4, -0.2) is 24.7 Å². The minimum atomic E-state index is -0.150. The molecule has 0 bridgehead atoms. The summed E-state index contributed by atoms with van der Waals surface area (Å²) < 4.78 is 9.94. The number of hydrogen-bond acceptors (Lipinski definition) is 5. The third-order valence-electron chi connectivity index (χ3n) is 2.60. The highest BCUT2D eigenvalue weighted by atomic mass is 16.5. The first kappa shape index (κ1) is 12.3. The molecule has 0 unspecified atom stereocenters. The van der Waals surface area contributed by atoms with Gasteiger partial charge in [-0.1, -0.05) is 17.3 Å². The lowest BCUT2D eigenvalue weighted by Gasteiger charge is -2.02. The number of carbonyl (C=O) groups excluding carboxylic acids is 1. The first-order valence-electron chi connectivity index (χ1n) is 5.47. The van der Waals surface area contributed by atoms with Gasteiger partial charge in [0.2, 0.25) is 0 Å². The minimum Gasteiger partial charge on any atom is -0.399 e. The van der Waals surface area contributed by atoms with Crippen LogP contribution in [-0.2, 0) is 4.74 Å². The van der Waals surface area contributed by atoms with Gasteiger partial charge in [0.05, 0.1) is 5.56 Å². The summed E-state index contributed by atoms with van der Waals surface area (Å²) in [7, 11) is 1.48. The number of ether oxygens (including phenoxy) is 1. The smallest absolute Gasteiger partial charge is 0.194 e. The first-order valence-corrected chi connectivity index (χ1v) is 5.47. The fraction of sp³-hybridized carbons (Fsp3) is 0.231. The van der Waals surface area contributed by atoms with E-state index in [-0.39, 0.29) is 12.4 Å². The summed E-state index contributed by atoms with van der Waals surface area (Å²) in [5.74, 6) is 0.340. The molecule has 0 aliphatic rings. The quantitative estimate of drug-likeness (QED) is 0.660. The Bertz CT molecular complexity index is 558. The zero-order valence-electron chi connectivity index (χ0n) is 10.3. The van der Waals surface area contributed by atoms with E-state index in [2.05, 4.69) is 5.16 Å². The Morgan fingerprint density at radius 1 is 1.39 bits per heavy atom. The monoisotopic (exact) mass is 246 g/mol. The fourth-order valence-electron chi connectivity index (χ4n) is 1.74. The number of aromatic nitrogens is 1. The SMILES string of the molecule is COCC(=O)c1c(-c2ccc(N)cc2)noc1C. The van der Waals surface area contributed by atoms with Gasteiger partial charge in [-0.05, 0) is 19.1 Å². The number of carbonyl (C=O) groups is 1. The largest absolute Gasteiger partial charge is 0.399 e. The van der Waals surface area contributed by atoms with Crippen LogP contribution in [0.1, 0.15) is 16.1 Å². The number of hydrogen-bond donors (Lipinski definition) is 1. The van der Waals surface area contributed by atoms with Gasteiger partial charge >= 0.3 is 0 Å². The van der Waals surface area contributed by atoms with Crippen molar-refractivity contribution in [1.29, 1.82) is 0 Å². The van der Waals surface area contributed by atoms with Gasteiger partial charge in [-0.2, -0.15) is 0 Å². The molecule has 0 fully saturated rings. The molecule has 0 radical (unpaired) electrons. The number of methoxy groups -OCH3 is 1. The molecule has 1 aromatic heterocycles. The molecule has 1 aromatic carbocycles. The standard InChI is InChI=1S/C13H14N2O3/c1-8-12(11(16)7-17-2)13(15-18-8)9-3-5-10(14)6-4-9/h3-6H,7,14H2,1-2H3. The lowest BCUT2D eigenvalue weighted by molar-refractivity contribution is 0.0847. The number of ketones is 1. The Morgan fingerprint density at radius 3 is 2.67 bits per heavy atom. The fourth-order valence-corrected chi connectivity index (χ4v) is 1.74. The molecule has 2 rings (SSSR count). The van der Waals surface area contributed by atoms with Gasteiger partial charge < -0.3 is 15.0 Å². The van der Waals surface area contributed by atoms with Gasteiger partial charge in [0.15, 0.2) is 5.78 Å². The van der Waals surface area contributed by atoms with E-state index in [1.165, 1.54) is 7.11 Å². The zero-order valence-corrected chi connectivity index (χ0v) is 10.3. The van der Waals surface area contributed by atoms with Crippen molar-refractivity contribution in [1.82, 2.24) is 5.16 Å². The molecule has 0 spiro atoms. The second-order valence-electron chi connectivity index (χ2n) is 3.94. The predicted molar refractivity (Wildman–Crippen MR) is 67.3 cm³/mol. The number of aryl methyl sites for hydroxylation is 1. The number of benzene rings is 1. The van der Waals surface area contributed by atoms with Crippen molar-refractivity contribution in [3.63, 3.8) is 0 Å². The highest BCUT2D eigenvalue weighted by Crippen LogP contribution is 2.26. The number of rotatable bonds is 4. The molecule has 18 heavy (non-hydrogen) atoms. The predicted octanol–water partition coefficient (Wildman–Crippen LogP) is 2.06. The summed E-state index contributed by atoms with van der Waals surface area (Å²) >= 11 is 0. The Balaban J connectivity index is 2.45. The lowest BCUT2D eigenvalue weighted by atomic mass is 10.0. The van der Waals surface area contributed by atoms with Gasteiger partial charge in [0.1, 0.15) is 18.1 Å². The molecule has 0 amide bonds. The second-order valence-corrected chi connectivity index (χ2v) is 3.94. The molecule has 0 saturated carbocycles. The van der Waals surface area contributed by atoms with Gasteiger partial charge in [0.25, 0.3) is 0 Å². The van der Waals surface area contributed by atoms with Crippen molar-refractivity contribution in [3.8, 4) is 11.3 Å². The van der Waals surface area contributed by atoms with Crippen LogP contribution in [0.3, 0.4) is 0 Å². The van der Waals surface area contributed by atoms with E-state index in [1.807, 2.05) is 0 Å². The molecule has 2 N–H and O–H groups in total. The molecule has 94 valence electrons. The molecular formula is C13H14N2O3. The number of nitrogen functional groups attached to an aromatic ring is 1. The highest BCUT2D eigenvalue weighted by molar-refractivity contribution is 6.03. The molecular weight excluding hydrogens is 232 g/mol. The van der Waals surface area contributed by atoms with E-state index >= 15 is 0 Å². The summed E-state index contributed by atoms with van der Waals surface area (Å²) in [6, 6.07) is 7.11. The van der Waals surface area contributed by atoms with Crippen molar-refractivity contribution < 1.29 is 14.1 Å². The van der Waals surface area contributed by atoms with Gasteiger partial charge in [-0.3, -0.25) is 4.79 Å². The molecule has 0 saturated heterocycles. The van der Waals surface area contributed by atoms with Crippen LogP contribution < -0.4 is 5.73 Å². The molecule has 2 aromatic rings. The van der Waals surface area contributed by atoms with Crippen LogP contribution in [0.4, 0.5) is 5.69 Å². The number of nitrogens with zero attached hydrogens (tertiary/aromatic N) is 1. The van der Waals surface area contributed by atoms with Crippen molar-refractivity contribution in [2.24, 2.45) is 0 Å². The zero-order chi connectivity index (χ0) is 13.1. The number of nitrogens with two attached hydrogens (primary N) is 1. The van der Waals surface area contributed by atoms with E-state index in [1.54, 1.807) is 31.2 Å². The molecule has 5 nitrogen and oxygen atoms in total. The van der Waals surface area contributed by atoms with Crippen LogP contribution in [0.2, 0.25) is 0 Å². The summed E-state index contributed by atoms with van der Waals surface area (Å²) in [5.41, 5.74) is 8.06. The third-order valence-corrected chi connectivity index (χ3v) is 2.60. The highest BCUT2D eigenvalue weighted by Gasteiger charge is 2.21. The summed E-state index contributed by atoms with van der Waals surface area (Å²) in [6.45, 7) is 1.71. The van der Waals surface area contributed by atoms with Crippen molar-refractivity contribution in [3.05, 3.63) is 35.6 Å². The maximum Gasteiger partial charge on any atom is 0.194 e. The van der Waals surface area contributed by atoms with Crippen LogP contribution in [0.5, 0.6) is 0 Å². The normalized spacial score (nSPS) is 10.6. The lowest BCUT2D eigenvalue weighted by Crippen LogP contribution is -2.08. The third kappa shape index (κ3) is 2.26.